The van der Waals surface area contributed by atoms with Crippen LogP contribution in [0.1, 0.15) is 5.56 Å². The first kappa shape index (κ1) is 6.48. The summed E-state index contributed by atoms with van der Waals surface area (Å²) in [4.78, 5) is 7.59. The van der Waals surface area contributed by atoms with Crippen molar-refractivity contribution < 1.29 is 0 Å². The van der Waals surface area contributed by atoms with Gasteiger partial charge in [0, 0.05) is 0 Å². The molecule has 11 heavy (non-hydrogen) atoms. The Labute approximate surface area is 67.3 Å². The van der Waals surface area contributed by atoms with Gasteiger partial charge in [0.15, 0.2) is 5.82 Å². The molecule has 2 rings (SSSR count). The lowest BCUT2D eigenvalue weighted by molar-refractivity contribution is 1.03. The van der Waals surface area contributed by atoms with Crippen LogP contribution in [0, 0.1) is 0 Å². The first-order valence-electron chi connectivity index (χ1n) is 2.97. The smallest absolute Gasteiger partial charge is 0.223 e. The molecule has 0 bridgehead atoms. The maximum Gasteiger partial charge on any atom is 0.223 e. The Balaban J connectivity index is 2.66. The molecule has 6 heteroatoms. The monoisotopic (exact) mass is 169 g/mol. The predicted octanol–water partition coefficient (Wildman–Crippen LogP) is 1.31. The highest BCUT2D eigenvalue weighted by Crippen LogP contribution is 2.29. The summed E-state index contributed by atoms with van der Waals surface area (Å²) in [7, 11) is 0. The summed E-state index contributed by atoms with van der Waals surface area (Å²) in [6.45, 7) is 0.453. The van der Waals surface area contributed by atoms with E-state index in [0.717, 1.165) is 5.56 Å². The molecular formula is C5H4ClN5. The fourth-order valence-electron chi connectivity index (χ4n) is 0.853. The van der Waals surface area contributed by atoms with Crippen LogP contribution in [0.3, 0.4) is 0 Å². The third-order valence-corrected chi connectivity index (χ3v) is 1.66. The molecule has 0 amide bonds. The largest absolute Gasteiger partial charge is 0.368 e. The van der Waals surface area contributed by atoms with Crippen molar-refractivity contribution in [3.05, 3.63) is 10.7 Å². The number of nitrogen functional groups attached to an aromatic ring is 1. The molecule has 1 aromatic rings. The highest BCUT2D eigenvalue weighted by atomic mass is 35.5. The normalized spacial score (nSPS) is 13.5. The van der Waals surface area contributed by atoms with Crippen molar-refractivity contribution in [1.29, 1.82) is 0 Å². The Kier molecular flexibility index (Phi) is 1.25. The SMILES string of the molecule is Nc1nc(Cl)c2c(n1)N=NC2. The van der Waals surface area contributed by atoms with E-state index in [-0.39, 0.29) is 5.95 Å². The molecule has 0 radical (unpaired) electrons. The maximum atomic E-state index is 5.72. The second-order valence-electron chi connectivity index (χ2n) is 2.07. The van der Waals surface area contributed by atoms with E-state index in [1.165, 1.54) is 0 Å². The second-order valence-corrected chi connectivity index (χ2v) is 2.43. The van der Waals surface area contributed by atoms with E-state index in [1.54, 1.807) is 0 Å². The molecule has 1 aliphatic heterocycles. The van der Waals surface area contributed by atoms with Crippen LogP contribution in [-0.4, -0.2) is 9.97 Å². The van der Waals surface area contributed by atoms with E-state index < -0.39 is 0 Å². The first-order chi connectivity index (χ1) is 5.27. The van der Waals surface area contributed by atoms with Crippen LogP contribution in [0.15, 0.2) is 10.2 Å². The molecule has 0 saturated carbocycles. The fourth-order valence-corrected chi connectivity index (χ4v) is 1.08. The van der Waals surface area contributed by atoms with Crippen LogP contribution in [0.25, 0.3) is 0 Å². The number of halogens is 1. The summed E-state index contributed by atoms with van der Waals surface area (Å²) in [5.41, 5.74) is 6.07. The lowest BCUT2D eigenvalue weighted by Gasteiger charge is -1.97. The van der Waals surface area contributed by atoms with Crippen molar-refractivity contribution in [2.75, 3.05) is 5.73 Å². The van der Waals surface area contributed by atoms with Crippen LogP contribution >= 0.6 is 11.6 Å². The molecule has 1 aliphatic rings. The van der Waals surface area contributed by atoms with Gasteiger partial charge in [-0.1, -0.05) is 11.6 Å². The molecule has 56 valence electrons. The number of azo groups is 1. The summed E-state index contributed by atoms with van der Waals surface area (Å²) in [5.74, 6) is 0.622. The molecule has 0 aromatic carbocycles. The number of hydrogen-bond donors (Lipinski definition) is 1. The van der Waals surface area contributed by atoms with Gasteiger partial charge in [-0.15, -0.1) is 5.11 Å². The fraction of sp³-hybridized carbons (Fsp3) is 0.200. The van der Waals surface area contributed by atoms with Crippen LogP contribution in [0.4, 0.5) is 11.8 Å². The molecule has 2 heterocycles. The third-order valence-electron chi connectivity index (χ3n) is 1.35. The highest BCUT2D eigenvalue weighted by molar-refractivity contribution is 6.30. The number of nitrogens with two attached hydrogens (primary N) is 1. The van der Waals surface area contributed by atoms with E-state index in [4.69, 9.17) is 17.3 Å². The molecule has 5 nitrogen and oxygen atoms in total. The van der Waals surface area contributed by atoms with Gasteiger partial charge in [-0.05, 0) is 0 Å². The zero-order valence-corrected chi connectivity index (χ0v) is 6.21. The van der Waals surface area contributed by atoms with Crippen molar-refractivity contribution in [3.63, 3.8) is 0 Å². The topological polar surface area (TPSA) is 76.5 Å². The minimum Gasteiger partial charge on any atom is -0.368 e. The van der Waals surface area contributed by atoms with Crippen LogP contribution in [0.5, 0.6) is 0 Å². The number of hydrogen-bond acceptors (Lipinski definition) is 5. The van der Waals surface area contributed by atoms with E-state index in [1.807, 2.05) is 0 Å². The lowest BCUT2D eigenvalue weighted by Crippen LogP contribution is -1.96. The standard InChI is InChI=1S/C5H4ClN5/c6-3-2-1-8-11-4(2)10-5(7)9-3/h1H2,(H2,7,9,10). The van der Waals surface area contributed by atoms with Gasteiger partial charge >= 0.3 is 0 Å². The summed E-state index contributed by atoms with van der Waals surface area (Å²) in [6.07, 6.45) is 0. The van der Waals surface area contributed by atoms with Crippen LogP contribution in [-0.2, 0) is 6.54 Å². The number of nitrogens with zero attached hydrogens (tertiary/aromatic N) is 4. The lowest BCUT2D eigenvalue weighted by atomic mass is 10.3. The molecule has 0 unspecified atom stereocenters. The minimum absolute atomic E-state index is 0.134. The minimum atomic E-state index is 0.134. The van der Waals surface area contributed by atoms with Crippen molar-refractivity contribution in [2.24, 2.45) is 10.2 Å². The van der Waals surface area contributed by atoms with Crippen molar-refractivity contribution in [3.8, 4) is 0 Å². The Bertz CT molecular complexity index is 334. The van der Waals surface area contributed by atoms with Crippen molar-refractivity contribution in [1.82, 2.24) is 9.97 Å². The number of anilines is 1. The summed E-state index contributed by atoms with van der Waals surface area (Å²) in [5, 5.41) is 7.81. The molecule has 0 atom stereocenters. The van der Waals surface area contributed by atoms with Gasteiger partial charge < -0.3 is 5.73 Å². The highest BCUT2D eigenvalue weighted by Gasteiger charge is 2.15. The maximum absolute atomic E-state index is 5.72. The van der Waals surface area contributed by atoms with Crippen LogP contribution in [0.2, 0.25) is 5.15 Å². The average molecular weight is 170 g/mol. The number of aromatic nitrogens is 2. The Morgan fingerprint density at radius 2 is 2.18 bits per heavy atom. The van der Waals surface area contributed by atoms with Crippen molar-refractivity contribution >= 4 is 23.4 Å². The molecule has 0 fully saturated rings. The van der Waals surface area contributed by atoms with Crippen LogP contribution < -0.4 is 5.73 Å². The predicted molar refractivity (Wildman–Crippen MR) is 39.7 cm³/mol. The van der Waals surface area contributed by atoms with E-state index in [0.29, 0.717) is 17.5 Å². The van der Waals surface area contributed by atoms with Gasteiger partial charge in [0.05, 0.1) is 12.1 Å². The zero-order valence-electron chi connectivity index (χ0n) is 5.45. The van der Waals surface area contributed by atoms with Crippen molar-refractivity contribution in [2.45, 2.75) is 6.54 Å². The second kappa shape index (κ2) is 2.13. The van der Waals surface area contributed by atoms with Gasteiger partial charge in [-0.3, -0.25) is 0 Å². The van der Waals surface area contributed by atoms with Gasteiger partial charge in [0.1, 0.15) is 5.15 Å². The summed E-state index contributed by atoms with van der Waals surface area (Å²) in [6, 6.07) is 0. The number of fused-ring (bicyclic) bond motifs is 1. The van der Waals surface area contributed by atoms with E-state index in [2.05, 4.69) is 20.2 Å². The molecule has 0 spiro atoms. The Morgan fingerprint density at radius 1 is 1.36 bits per heavy atom. The van der Waals surface area contributed by atoms with E-state index >= 15 is 0 Å². The molecule has 2 N–H and O–H groups in total. The average Bonchev–Trinajstić information content (AvgIpc) is 2.34. The first-order valence-corrected chi connectivity index (χ1v) is 3.34. The van der Waals surface area contributed by atoms with Gasteiger partial charge in [-0.25, -0.2) is 4.98 Å². The Morgan fingerprint density at radius 3 is 3.00 bits per heavy atom. The molecule has 0 saturated heterocycles. The molecular weight excluding hydrogens is 166 g/mol. The molecule has 1 aromatic heterocycles. The van der Waals surface area contributed by atoms with Gasteiger partial charge in [0.25, 0.3) is 0 Å². The van der Waals surface area contributed by atoms with E-state index in [9.17, 15) is 0 Å². The van der Waals surface area contributed by atoms with Gasteiger partial charge in [-0.2, -0.15) is 10.1 Å². The summed E-state index contributed by atoms with van der Waals surface area (Å²) < 4.78 is 0. The van der Waals surface area contributed by atoms with Gasteiger partial charge in [0.2, 0.25) is 5.95 Å². The Hall–Kier alpha value is -1.23. The zero-order chi connectivity index (χ0) is 7.84. The number of rotatable bonds is 0. The molecule has 0 aliphatic carbocycles. The third kappa shape index (κ3) is 0.932. The summed E-state index contributed by atoms with van der Waals surface area (Å²) >= 11 is 5.72. The quantitative estimate of drug-likeness (QED) is 0.595.